The number of nitriles is 1. The van der Waals surface area contributed by atoms with E-state index in [1.807, 2.05) is 42.1 Å². The zero-order chi connectivity index (χ0) is 35.0. The van der Waals surface area contributed by atoms with Gasteiger partial charge >= 0.3 is 5.97 Å². The number of nitrogens with two attached hydrogens (primary N) is 1. The molecule has 0 radical (unpaired) electrons. The number of hydrogen-bond acceptors (Lipinski definition) is 7. The van der Waals surface area contributed by atoms with E-state index in [9.17, 15) is 10.1 Å². The number of H-pyrrole nitrogens is 1. The fraction of sp³-hybridized carbons (Fsp3) is 0.359. The highest BCUT2D eigenvalue weighted by Crippen LogP contribution is 2.38. The number of aromatic nitrogens is 1. The molecule has 2 heterocycles. The van der Waals surface area contributed by atoms with Crippen molar-refractivity contribution in [3.63, 3.8) is 0 Å². The van der Waals surface area contributed by atoms with E-state index in [0.29, 0.717) is 31.4 Å². The van der Waals surface area contributed by atoms with Crippen molar-refractivity contribution < 1.29 is 23.0 Å². The molecule has 5 rings (SSSR count). The molecular formula is C39H42F2N4O3S. The van der Waals surface area contributed by atoms with Crippen LogP contribution in [0, 0.1) is 28.4 Å². The molecule has 3 N–H and O–H groups in total. The van der Waals surface area contributed by atoms with Crippen LogP contribution in [0.25, 0.3) is 10.9 Å². The van der Waals surface area contributed by atoms with Gasteiger partial charge in [-0.2, -0.15) is 17.0 Å². The highest BCUT2D eigenvalue weighted by Gasteiger charge is 2.24. The van der Waals surface area contributed by atoms with Crippen LogP contribution in [-0.4, -0.2) is 34.8 Å². The van der Waals surface area contributed by atoms with E-state index in [1.54, 1.807) is 13.1 Å². The number of allylic oxidation sites excluding steroid dienone is 1. The number of halogens is 2. The molecule has 0 fully saturated rings. The number of rotatable bonds is 6. The van der Waals surface area contributed by atoms with Gasteiger partial charge in [-0.15, -0.1) is 0 Å². The number of esters is 1. The van der Waals surface area contributed by atoms with E-state index in [1.165, 1.54) is 24.3 Å². The first kappa shape index (κ1) is 35.7. The Hall–Kier alpha value is -4.62. The molecule has 1 aliphatic heterocycles. The van der Waals surface area contributed by atoms with Gasteiger partial charge in [-0.3, -0.25) is 9.79 Å². The van der Waals surface area contributed by atoms with Crippen LogP contribution in [0.1, 0.15) is 74.8 Å². The molecule has 1 unspecified atom stereocenters. The van der Waals surface area contributed by atoms with Crippen molar-refractivity contribution in [3.05, 3.63) is 106 Å². The molecule has 1 aromatic heterocycles. The van der Waals surface area contributed by atoms with Crippen LogP contribution in [0.5, 0.6) is 11.5 Å². The zero-order valence-corrected chi connectivity index (χ0v) is 29.0. The number of hydrogen-bond donors (Lipinski definition) is 2. The minimum absolute atomic E-state index is 0.00438. The topological polar surface area (TPSA) is 113 Å². The molecule has 10 heteroatoms. The molecule has 0 spiro atoms. The lowest BCUT2D eigenvalue weighted by molar-refractivity contribution is -0.143. The van der Waals surface area contributed by atoms with Crippen LogP contribution in [0.15, 0.2) is 77.6 Å². The van der Waals surface area contributed by atoms with E-state index in [-0.39, 0.29) is 46.2 Å². The minimum Gasteiger partial charge on any atom is -0.466 e. The Morgan fingerprint density at radius 1 is 1.20 bits per heavy atom. The van der Waals surface area contributed by atoms with Crippen LogP contribution in [0.4, 0.5) is 8.78 Å². The van der Waals surface area contributed by atoms with Crippen molar-refractivity contribution in [1.82, 2.24) is 4.98 Å². The van der Waals surface area contributed by atoms with Crippen molar-refractivity contribution >= 4 is 34.3 Å². The number of nitrogens with one attached hydrogen (secondary N) is 1. The predicted molar refractivity (Wildman–Crippen MR) is 192 cm³/mol. The lowest BCUT2D eigenvalue weighted by atomic mass is 9.87. The van der Waals surface area contributed by atoms with Crippen molar-refractivity contribution in [2.75, 3.05) is 18.1 Å². The summed E-state index contributed by atoms with van der Waals surface area (Å²) in [5, 5.41) is 11.0. The van der Waals surface area contributed by atoms with Gasteiger partial charge in [0.25, 0.3) is 0 Å². The van der Waals surface area contributed by atoms with Gasteiger partial charge in [-0.25, -0.2) is 8.78 Å². The average molecular weight is 685 g/mol. The van der Waals surface area contributed by atoms with Crippen LogP contribution in [0.2, 0.25) is 0 Å². The Bertz CT molecular complexity index is 1910. The van der Waals surface area contributed by atoms with Gasteiger partial charge in [0.15, 0.2) is 11.6 Å². The van der Waals surface area contributed by atoms with E-state index in [0.717, 1.165) is 52.6 Å². The molecule has 0 amide bonds. The summed E-state index contributed by atoms with van der Waals surface area (Å²) in [5.41, 5.74) is 9.23. The smallest absolute Gasteiger partial charge is 0.306 e. The van der Waals surface area contributed by atoms with Crippen LogP contribution in [-0.2, 0) is 22.4 Å². The fourth-order valence-corrected chi connectivity index (χ4v) is 7.36. The number of aliphatic imine (C=N–C) groups is 1. The third kappa shape index (κ3) is 8.90. The normalized spacial score (nSPS) is 17.3. The Morgan fingerprint density at radius 2 is 2.04 bits per heavy atom. The standard InChI is InChI=1S/C39H42F2N4O3S/c1-4-47-36(46)13-10-25-7-5-8-26(19-25)34-9-6-16-39(2,3)24-49-18-15-30-29-14-17-44-35(29)21-33(41)38(30)48-28-11-12-32(40)31(20-28)37(45-34)27(22-42)23-43/h5,7-8,11-12,14,17,19-22,34,44H,4,6,9-10,13,15-16,18,24,42H2,1-3H3. The summed E-state index contributed by atoms with van der Waals surface area (Å²) in [6, 6.07) is 16.9. The second-order valence-corrected chi connectivity index (χ2v) is 14.0. The second-order valence-electron chi connectivity index (χ2n) is 12.9. The maximum Gasteiger partial charge on any atom is 0.306 e. The Balaban J connectivity index is 1.63. The quantitative estimate of drug-likeness (QED) is 0.155. The third-order valence-electron chi connectivity index (χ3n) is 8.69. The molecule has 256 valence electrons. The Morgan fingerprint density at radius 3 is 2.82 bits per heavy atom. The van der Waals surface area contributed by atoms with Gasteiger partial charge in [-0.05, 0) is 84.9 Å². The molecule has 3 aromatic carbocycles. The monoisotopic (exact) mass is 684 g/mol. The first-order valence-corrected chi connectivity index (χ1v) is 17.8. The lowest BCUT2D eigenvalue weighted by Crippen LogP contribution is -2.16. The van der Waals surface area contributed by atoms with Crippen LogP contribution < -0.4 is 10.5 Å². The summed E-state index contributed by atoms with van der Waals surface area (Å²) < 4.78 is 42.8. The lowest BCUT2D eigenvalue weighted by Gasteiger charge is -2.25. The van der Waals surface area contributed by atoms with Gasteiger partial charge in [0.2, 0.25) is 0 Å². The van der Waals surface area contributed by atoms with Gasteiger partial charge in [0.1, 0.15) is 17.6 Å². The Kier molecular flexibility index (Phi) is 11.8. The second kappa shape index (κ2) is 16.2. The molecule has 4 aromatic rings. The summed E-state index contributed by atoms with van der Waals surface area (Å²) in [6.07, 6.45) is 6.56. The number of benzene rings is 3. The molecule has 1 atom stereocenters. The van der Waals surface area contributed by atoms with E-state index < -0.39 is 17.7 Å². The predicted octanol–water partition coefficient (Wildman–Crippen LogP) is 9.12. The van der Waals surface area contributed by atoms with Crippen molar-refractivity contribution in [1.29, 1.82) is 5.26 Å². The molecule has 49 heavy (non-hydrogen) atoms. The summed E-state index contributed by atoms with van der Waals surface area (Å²) in [4.78, 5) is 20.2. The highest BCUT2D eigenvalue weighted by molar-refractivity contribution is 7.99. The number of aromatic amines is 1. The SMILES string of the molecule is CCOC(=O)CCc1cccc(C2CCCC(C)(C)CSCCc3c(c(F)cc4[nH]ccc34)Oc3ccc(F)c(c3)C(C(C#N)=CN)=N2)c1. The Labute approximate surface area is 290 Å². The number of carbonyl (C=O) groups is 1. The van der Waals surface area contributed by atoms with Gasteiger partial charge in [0, 0.05) is 46.9 Å². The maximum absolute atomic E-state index is 15.8. The molecule has 0 aliphatic carbocycles. The van der Waals surface area contributed by atoms with Crippen LogP contribution in [0.3, 0.4) is 0 Å². The number of nitrogens with zero attached hydrogens (tertiary/aromatic N) is 2. The zero-order valence-electron chi connectivity index (χ0n) is 28.2. The van der Waals surface area contributed by atoms with E-state index in [2.05, 4.69) is 24.9 Å². The first-order valence-electron chi connectivity index (χ1n) is 16.6. The summed E-state index contributed by atoms with van der Waals surface area (Å²) in [5.74, 6) is 0.523. The van der Waals surface area contributed by atoms with Gasteiger partial charge in [0.05, 0.1) is 23.9 Å². The largest absolute Gasteiger partial charge is 0.466 e. The van der Waals surface area contributed by atoms with E-state index in [4.69, 9.17) is 20.2 Å². The summed E-state index contributed by atoms with van der Waals surface area (Å²) in [7, 11) is 0. The number of ether oxygens (including phenoxy) is 2. The highest BCUT2D eigenvalue weighted by atomic mass is 32.2. The van der Waals surface area contributed by atoms with E-state index >= 15 is 8.78 Å². The fourth-order valence-electron chi connectivity index (χ4n) is 6.17. The number of fused-ring (bicyclic) bond motifs is 5. The number of carbonyl (C=O) groups excluding carboxylic acids is 1. The molecule has 0 saturated heterocycles. The molecule has 0 saturated carbocycles. The molecule has 2 bridgehead atoms. The number of aryl methyl sites for hydroxylation is 2. The van der Waals surface area contributed by atoms with Gasteiger partial charge in [-0.1, -0.05) is 44.5 Å². The minimum atomic E-state index is -0.625. The molecule has 1 aliphatic rings. The summed E-state index contributed by atoms with van der Waals surface area (Å²) >= 11 is 1.82. The van der Waals surface area contributed by atoms with Crippen LogP contribution >= 0.6 is 11.8 Å². The first-order chi connectivity index (χ1) is 23.6. The average Bonchev–Trinajstić information content (AvgIpc) is 3.55. The molecular weight excluding hydrogens is 643 g/mol. The van der Waals surface area contributed by atoms with Gasteiger partial charge < -0.3 is 20.2 Å². The maximum atomic E-state index is 15.8. The molecule has 7 nitrogen and oxygen atoms in total. The third-order valence-corrected chi connectivity index (χ3v) is 10.2. The summed E-state index contributed by atoms with van der Waals surface area (Å²) in [6.45, 7) is 6.57. The van der Waals surface area contributed by atoms with Crippen molar-refractivity contribution in [2.24, 2.45) is 16.1 Å². The van der Waals surface area contributed by atoms with Crippen molar-refractivity contribution in [3.8, 4) is 17.6 Å². The van der Waals surface area contributed by atoms with Crippen molar-refractivity contribution in [2.45, 2.75) is 65.3 Å². The number of thioether (sulfide) groups is 1.